The maximum absolute atomic E-state index is 4.25. The Balaban J connectivity index is 2.17. The van der Waals surface area contributed by atoms with Crippen molar-refractivity contribution >= 4 is 32.8 Å². The zero-order valence-electron chi connectivity index (χ0n) is 8.60. The summed E-state index contributed by atoms with van der Waals surface area (Å²) in [7, 11) is 3.51. The second kappa shape index (κ2) is 4.85. The van der Waals surface area contributed by atoms with Crippen molar-refractivity contribution in [1.29, 1.82) is 0 Å². The Morgan fingerprint density at radius 2 is 2.27 bits per heavy atom. The molecule has 0 fully saturated rings. The Kier molecular flexibility index (Phi) is 3.48. The monoisotopic (exact) mass is 240 g/mol. The zero-order valence-corrected chi connectivity index (χ0v) is 10.2. The number of nitrogens with zero attached hydrogens (tertiary/aromatic N) is 3. The first kappa shape index (κ1) is 10.8. The van der Waals surface area contributed by atoms with Crippen LogP contribution in [0, 0.1) is 0 Å². The maximum atomic E-state index is 4.25. The normalized spacial score (nSPS) is 13.2. The van der Waals surface area contributed by atoms with Crippen LogP contribution in [0.4, 0.5) is 0 Å². The number of aromatic amines is 1. The molecule has 1 N–H and O–H groups in total. The summed E-state index contributed by atoms with van der Waals surface area (Å²) >= 11 is 0. The van der Waals surface area contributed by atoms with Crippen molar-refractivity contribution < 1.29 is 0 Å². The molecule has 2 heterocycles. The molecule has 1 unspecified atom stereocenters. The van der Waals surface area contributed by atoms with Gasteiger partial charge in [0.25, 0.3) is 0 Å². The predicted molar refractivity (Wildman–Crippen MR) is 64.9 cm³/mol. The summed E-state index contributed by atoms with van der Waals surface area (Å²) < 4.78 is 0. The van der Waals surface area contributed by atoms with E-state index in [1.807, 2.05) is 10.8 Å². The fourth-order valence-electron chi connectivity index (χ4n) is 1.00. The van der Waals surface area contributed by atoms with Gasteiger partial charge in [0.1, 0.15) is 16.9 Å². The molecule has 0 saturated heterocycles. The molecule has 0 bridgehead atoms. The number of rotatable bonds is 4. The Bertz CT molecular complexity index is 442. The number of nitrogens with one attached hydrogen (secondary N) is 1. The molecule has 4 nitrogen and oxygen atoms in total. The van der Waals surface area contributed by atoms with Crippen LogP contribution in [-0.4, -0.2) is 25.2 Å². The van der Waals surface area contributed by atoms with E-state index >= 15 is 0 Å². The zero-order chi connectivity index (χ0) is 10.7. The van der Waals surface area contributed by atoms with Gasteiger partial charge in [-0.2, -0.15) is 0 Å². The van der Waals surface area contributed by atoms with Gasteiger partial charge in [-0.15, -0.1) is 0 Å². The first-order valence-corrected chi connectivity index (χ1v) is 7.00. The molecule has 80 valence electrons. The van der Waals surface area contributed by atoms with Crippen LogP contribution >= 0.6 is 21.6 Å². The summed E-state index contributed by atoms with van der Waals surface area (Å²) in [6.07, 6.45) is 4.37. The Labute approximate surface area is 96.1 Å². The van der Waals surface area contributed by atoms with Gasteiger partial charge in [-0.05, 0) is 17.2 Å². The van der Waals surface area contributed by atoms with Gasteiger partial charge in [0.2, 0.25) is 0 Å². The molecule has 2 aromatic rings. The van der Waals surface area contributed by atoms with Crippen LogP contribution < -0.4 is 0 Å². The molecule has 0 aliphatic rings. The second-order valence-corrected chi connectivity index (χ2v) is 5.81. The van der Waals surface area contributed by atoms with Crippen molar-refractivity contribution in [2.24, 2.45) is 0 Å². The molecule has 0 aliphatic carbocycles. The lowest BCUT2D eigenvalue weighted by molar-refractivity contribution is 0.912. The van der Waals surface area contributed by atoms with E-state index in [4.69, 9.17) is 0 Å². The molecule has 1 atom stereocenters. The van der Waals surface area contributed by atoms with Crippen molar-refractivity contribution in [2.75, 3.05) is 0 Å². The molecule has 0 aliphatic heterocycles. The highest BCUT2D eigenvalue weighted by molar-refractivity contribution is 8.77. The van der Waals surface area contributed by atoms with Crippen molar-refractivity contribution in [2.45, 2.75) is 30.5 Å². The van der Waals surface area contributed by atoms with E-state index in [0.29, 0.717) is 5.25 Å². The van der Waals surface area contributed by atoms with Gasteiger partial charge in [-0.1, -0.05) is 24.6 Å². The largest absolute Gasteiger partial charge is 0.341 e. The van der Waals surface area contributed by atoms with Gasteiger partial charge in [-0.3, -0.25) is 0 Å². The first-order chi connectivity index (χ1) is 7.31. The number of aromatic nitrogens is 4. The van der Waals surface area contributed by atoms with Gasteiger partial charge in [0.05, 0.1) is 6.33 Å². The van der Waals surface area contributed by atoms with Gasteiger partial charge < -0.3 is 4.98 Å². The van der Waals surface area contributed by atoms with Crippen LogP contribution in [0.15, 0.2) is 17.7 Å². The summed E-state index contributed by atoms with van der Waals surface area (Å²) in [5, 5.41) is 1.59. The van der Waals surface area contributed by atoms with E-state index in [-0.39, 0.29) is 0 Å². The summed E-state index contributed by atoms with van der Waals surface area (Å²) in [6, 6.07) is 0. The molecule has 0 spiro atoms. The molecule has 6 heteroatoms. The molecule has 0 saturated carbocycles. The van der Waals surface area contributed by atoms with Crippen LogP contribution in [0.25, 0.3) is 11.2 Å². The molecule has 0 amide bonds. The quantitative estimate of drug-likeness (QED) is 0.658. The standard InChI is InChI=1S/C9H12N4S2/c1-3-6(2)14-15-9-7-8(11-4-10-7)12-5-13-9/h4-6H,3H2,1-2H3,(H,10,11,12,13). The minimum atomic E-state index is 0.628. The van der Waals surface area contributed by atoms with Gasteiger partial charge in [0, 0.05) is 5.25 Å². The SMILES string of the molecule is CCC(C)SSc1ncnc2nc[nH]c12. The van der Waals surface area contributed by atoms with E-state index in [0.717, 1.165) is 22.6 Å². The molecular formula is C9H12N4S2. The lowest BCUT2D eigenvalue weighted by Crippen LogP contribution is -1.90. The summed E-state index contributed by atoms with van der Waals surface area (Å²) in [5.74, 6) is 0. The number of H-pyrrole nitrogens is 1. The Morgan fingerprint density at radius 3 is 3.07 bits per heavy atom. The van der Waals surface area contributed by atoms with E-state index in [2.05, 4.69) is 33.8 Å². The molecule has 2 aromatic heterocycles. The molecule has 0 aromatic carbocycles. The Hall–Kier alpha value is -0.750. The van der Waals surface area contributed by atoms with Crippen LogP contribution in [0.1, 0.15) is 20.3 Å². The van der Waals surface area contributed by atoms with Crippen LogP contribution in [0.3, 0.4) is 0 Å². The van der Waals surface area contributed by atoms with E-state index in [1.165, 1.54) is 0 Å². The van der Waals surface area contributed by atoms with E-state index in [9.17, 15) is 0 Å². The van der Waals surface area contributed by atoms with E-state index < -0.39 is 0 Å². The van der Waals surface area contributed by atoms with Crippen LogP contribution in [0.2, 0.25) is 0 Å². The fraction of sp³-hybridized carbons (Fsp3) is 0.444. The van der Waals surface area contributed by atoms with Gasteiger partial charge in [0.15, 0.2) is 5.65 Å². The smallest absolute Gasteiger partial charge is 0.181 e. The Morgan fingerprint density at radius 1 is 1.40 bits per heavy atom. The van der Waals surface area contributed by atoms with Crippen molar-refractivity contribution in [3.8, 4) is 0 Å². The number of fused-ring (bicyclic) bond motifs is 1. The van der Waals surface area contributed by atoms with Crippen molar-refractivity contribution in [1.82, 2.24) is 19.9 Å². The van der Waals surface area contributed by atoms with E-state index in [1.54, 1.807) is 23.4 Å². The molecular weight excluding hydrogens is 228 g/mol. The topological polar surface area (TPSA) is 54.5 Å². The maximum Gasteiger partial charge on any atom is 0.181 e. The third kappa shape index (κ3) is 2.43. The summed E-state index contributed by atoms with van der Waals surface area (Å²) in [6.45, 7) is 4.40. The predicted octanol–water partition coefficient (Wildman–Crippen LogP) is 2.89. The average Bonchev–Trinajstić information content (AvgIpc) is 2.74. The fourth-order valence-corrected chi connectivity index (χ4v) is 3.27. The highest BCUT2D eigenvalue weighted by Crippen LogP contribution is 2.36. The lowest BCUT2D eigenvalue weighted by Gasteiger charge is -2.05. The molecule has 0 radical (unpaired) electrons. The molecule has 15 heavy (non-hydrogen) atoms. The van der Waals surface area contributed by atoms with Crippen molar-refractivity contribution in [3.05, 3.63) is 12.7 Å². The van der Waals surface area contributed by atoms with Gasteiger partial charge in [-0.25, -0.2) is 15.0 Å². The number of hydrogen-bond acceptors (Lipinski definition) is 5. The summed E-state index contributed by atoms with van der Waals surface area (Å²) in [4.78, 5) is 15.5. The number of imidazole rings is 1. The lowest BCUT2D eigenvalue weighted by atomic mass is 10.4. The third-order valence-corrected chi connectivity index (χ3v) is 5.03. The van der Waals surface area contributed by atoms with Crippen molar-refractivity contribution in [3.63, 3.8) is 0 Å². The minimum Gasteiger partial charge on any atom is -0.341 e. The third-order valence-electron chi connectivity index (χ3n) is 2.05. The van der Waals surface area contributed by atoms with Crippen LogP contribution in [0.5, 0.6) is 0 Å². The summed E-state index contributed by atoms with van der Waals surface area (Å²) in [5.41, 5.74) is 1.66. The average molecular weight is 240 g/mol. The first-order valence-electron chi connectivity index (χ1n) is 4.78. The van der Waals surface area contributed by atoms with Gasteiger partial charge >= 0.3 is 0 Å². The second-order valence-electron chi connectivity index (χ2n) is 3.18. The highest BCUT2D eigenvalue weighted by Gasteiger charge is 2.08. The highest BCUT2D eigenvalue weighted by atomic mass is 33.1. The minimum absolute atomic E-state index is 0.628. The van der Waals surface area contributed by atoms with Crippen LogP contribution in [-0.2, 0) is 0 Å². The molecule has 2 rings (SSSR count). The number of hydrogen-bond donors (Lipinski definition) is 1.